The third kappa shape index (κ3) is 3.59. The molecule has 4 nitrogen and oxygen atoms in total. The Kier molecular flexibility index (Phi) is 4.46. The van der Waals surface area contributed by atoms with Crippen molar-refractivity contribution < 1.29 is 8.42 Å². The van der Waals surface area contributed by atoms with E-state index >= 15 is 0 Å². The van der Waals surface area contributed by atoms with Gasteiger partial charge in [-0.05, 0) is 36.5 Å². The van der Waals surface area contributed by atoms with Crippen LogP contribution in [0.3, 0.4) is 0 Å². The van der Waals surface area contributed by atoms with E-state index in [4.69, 9.17) is 5.26 Å². The fourth-order valence-corrected chi connectivity index (χ4v) is 3.91. The molecule has 0 radical (unpaired) electrons. The van der Waals surface area contributed by atoms with Gasteiger partial charge in [0.1, 0.15) is 0 Å². The largest absolute Gasteiger partial charge is 0.240 e. The smallest absolute Gasteiger partial charge is 0.211 e. The molecule has 2 rings (SSSR count). The maximum Gasteiger partial charge on any atom is 0.240 e. The number of hydrogen-bond acceptors (Lipinski definition) is 3. The Labute approximate surface area is 120 Å². The van der Waals surface area contributed by atoms with E-state index in [9.17, 15) is 8.42 Å². The topological polar surface area (TPSA) is 70.0 Å². The molecule has 0 bridgehead atoms. The summed E-state index contributed by atoms with van der Waals surface area (Å²) in [6.07, 6.45) is 5.71. The molecule has 1 fully saturated rings. The minimum Gasteiger partial charge on any atom is -0.211 e. The average Bonchev–Trinajstić information content (AvgIpc) is 2.46. The molecule has 0 heterocycles. The summed E-state index contributed by atoms with van der Waals surface area (Å²) in [5.41, 5.74) is 0.412. The fraction of sp³-hybridized carbons (Fsp3) is 0.533. The SMILES string of the molecule is CC1(CNS(=O)(=O)c2cccc(C#N)c2)CCCCC1. The van der Waals surface area contributed by atoms with E-state index in [2.05, 4.69) is 11.6 Å². The van der Waals surface area contributed by atoms with Gasteiger partial charge in [0, 0.05) is 6.54 Å². The van der Waals surface area contributed by atoms with E-state index in [-0.39, 0.29) is 10.3 Å². The average molecular weight is 292 g/mol. The number of nitrogens with zero attached hydrogens (tertiary/aromatic N) is 1. The highest BCUT2D eigenvalue weighted by atomic mass is 32.2. The van der Waals surface area contributed by atoms with Gasteiger partial charge in [0.05, 0.1) is 16.5 Å². The van der Waals surface area contributed by atoms with Crippen LogP contribution in [0.15, 0.2) is 29.2 Å². The van der Waals surface area contributed by atoms with E-state index in [0.717, 1.165) is 12.8 Å². The molecule has 0 aliphatic heterocycles. The predicted octanol–water partition coefficient (Wildman–Crippen LogP) is 2.81. The van der Waals surface area contributed by atoms with Crippen LogP contribution in [0.1, 0.15) is 44.6 Å². The molecule has 1 aliphatic carbocycles. The highest BCUT2D eigenvalue weighted by Crippen LogP contribution is 2.35. The Hall–Kier alpha value is -1.38. The zero-order valence-corrected chi connectivity index (χ0v) is 12.5. The molecule has 0 atom stereocenters. The molecular formula is C15H20N2O2S. The Balaban J connectivity index is 2.09. The lowest BCUT2D eigenvalue weighted by molar-refractivity contribution is 0.219. The molecule has 1 N–H and O–H groups in total. The minimum absolute atomic E-state index is 0.0537. The number of nitrogens with one attached hydrogen (secondary N) is 1. The standard InChI is InChI=1S/C15H20N2O2S/c1-15(8-3-2-4-9-15)12-17-20(18,19)14-7-5-6-13(10-14)11-16/h5-7,10,17H,2-4,8-9,12H2,1H3. The summed E-state index contributed by atoms with van der Waals surface area (Å²) < 4.78 is 27.2. The molecule has 1 aromatic carbocycles. The van der Waals surface area contributed by atoms with Gasteiger partial charge in [-0.1, -0.05) is 32.3 Å². The van der Waals surface area contributed by atoms with E-state index in [1.807, 2.05) is 6.07 Å². The Morgan fingerprint density at radius 2 is 2.00 bits per heavy atom. The van der Waals surface area contributed by atoms with Crippen LogP contribution in [0.25, 0.3) is 0 Å². The molecule has 0 unspecified atom stereocenters. The van der Waals surface area contributed by atoms with Crippen LogP contribution >= 0.6 is 0 Å². The molecule has 5 heteroatoms. The van der Waals surface area contributed by atoms with Crippen molar-refractivity contribution in [1.29, 1.82) is 5.26 Å². The van der Waals surface area contributed by atoms with Crippen LogP contribution in [-0.4, -0.2) is 15.0 Å². The maximum absolute atomic E-state index is 12.3. The molecule has 1 saturated carbocycles. The maximum atomic E-state index is 12.3. The van der Waals surface area contributed by atoms with Gasteiger partial charge in [0.25, 0.3) is 0 Å². The monoisotopic (exact) mass is 292 g/mol. The Bertz CT molecular complexity index is 611. The second kappa shape index (κ2) is 5.94. The van der Waals surface area contributed by atoms with Gasteiger partial charge >= 0.3 is 0 Å². The number of benzene rings is 1. The lowest BCUT2D eigenvalue weighted by Gasteiger charge is -2.33. The van der Waals surface area contributed by atoms with Crippen LogP contribution < -0.4 is 4.72 Å². The highest BCUT2D eigenvalue weighted by Gasteiger charge is 2.28. The van der Waals surface area contributed by atoms with Gasteiger partial charge in [-0.2, -0.15) is 5.26 Å². The van der Waals surface area contributed by atoms with Crippen molar-refractivity contribution in [1.82, 2.24) is 4.72 Å². The number of nitriles is 1. The second-order valence-electron chi connectivity index (χ2n) is 5.84. The molecule has 20 heavy (non-hydrogen) atoms. The fourth-order valence-electron chi connectivity index (χ4n) is 2.67. The van der Waals surface area contributed by atoms with Gasteiger partial charge in [-0.25, -0.2) is 13.1 Å². The van der Waals surface area contributed by atoms with Crippen molar-refractivity contribution in [2.45, 2.75) is 43.9 Å². The molecular weight excluding hydrogens is 272 g/mol. The van der Waals surface area contributed by atoms with Crippen molar-refractivity contribution in [3.05, 3.63) is 29.8 Å². The zero-order valence-electron chi connectivity index (χ0n) is 11.7. The van der Waals surface area contributed by atoms with Gasteiger partial charge in [-0.15, -0.1) is 0 Å². The van der Waals surface area contributed by atoms with Gasteiger partial charge in [0.15, 0.2) is 0 Å². The van der Waals surface area contributed by atoms with Crippen LogP contribution in [0.4, 0.5) is 0 Å². The van der Waals surface area contributed by atoms with E-state index in [1.165, 1.54) is 31.4 Å². The first-order valence-corrected chi connectivity index (χ1v) is 8.43. The van der Waals surface area contributed by atoms with Crippen molar-refractivity contribution in [2.24, 2.45) is 5.41 Å². The molecule has 1 aliphatic rings. The van der Waals surface area contributed by atoms with E-state index in [0.29, 0.717) is 12.1 Å². The predicted molar refractivity (Wildman–Crippen MR) is 77.5 cm³/mol. The van der Waals surface area contributed by atoms with E-state index < -0.39 is 10.0 Å². The quantitative estimate of drug-likeness (QED) is 0.927. The molecule has 0 saturated heterocycles. The number of rotatable bonds is 4. The number of sulfonamides is 1. The zero-order chi connectivity index (χ0) is 14.6. The van der Waals surface area contributed by atoms with Crippen molar-refractivity contribution in [3.63, 3.8) is 0 Å². The van der Waals surface area contributed by atoms with Crippen molar-refractivity contribution in [3.8, 4) is 6.07 Å². The summed E-state index contributed by atoms with van der Waals surface area (Å²) in [6, 6.07) is 8.08. The molecule has 0 aromatic heterocycles. The Morgan fingerprint density at radius 3 is 2.65 bits per heavy atom. The highest BCUT2D eigenvalue weighted by molar-refractivity contribution is 7.89. The molecule has 1 aromatic rings. The lowest BCUT2D eigenvalue weighted by atomic mass is 9.76. The summed E-state index contributed by atoms with van der Waals surface area (Å²) in [5.74, 6) is 0. The van der Waals surface area contributed by atoms with Crippen LogP contribution in [0, 0.1) is 16.7 Å². The normalized spacial score (nSPS) is 18.4. The summed E-state index contributed by atoms with van der Waals surface area (Å²) in [6.45, 7) is 2.60. The van der Waals surface area contributed by atoms with Gasteiger partial charge in [-0.3, -0.25) is 0 Å². The van der Waals surface area contributed by atoms with Crippen LogP contribution in [0.5, 0.6) is 0 Å². The second-order valence-corrected chi connectivity index (χ2v) is 7.60. The number of hydrogen-bond donors (Lipinski definition) is 1. The molecule has 0 amide bonds. The third-order valence-electron chi connectivity index (χ3n) is 4.02. The summed E-state index contributed by atoms with van der Waals surface area (Å²) >= 11 is 0. The molecule has 0 spiro atoms. The Morgan fingerprint density at radius 1 is 1.30 bits per heavy atom. The molecule has 108 valence electrons. The van der Waals surface area contributed by atoms with Crippen LogP contribution in [-0.2, 0) is 10.0 Å². The first-order chi connectivity index (χ1) is 9.45. The van der Waals surface area contributed by atoms with Gasteiger partial charge in [0.2, 0.25) is 10.0 Å². The summed E-state index contributed by atoms with van der Waals surface area (Å²) in [5, 5.41) is 8.84. The van der Waals surface area contributed by atoms with Crippen molar-refractivity contribution >= 4 is 10.0 Å². The van der Waals surface area contributed by atoms with Gasteiger partial charge < -0.3 is 0 Å². The third-order valence-corrected chi connectivity index (χ3v) is 5.42. The van der Waals surface area contributed by atoms with Crippen LogP contribution in [0.2, 0.25) is 0 Å². The van der Waals surface area contributed by atoms with Crippen molar-refractivity contribution in [2.75, 3.05) is 6.54 Å². The summed E-state index contributed by atoms with van der Waals surface area (Å²) in [7, 11) is -3.53. The minimum atomic E-state index is -3.53. The lowest BCUT2D eigenvalue weighted by Crippen LogP contribution is -2.37. The van der Waals surface area contributed by atoms with E-state index in [1.54, 1.807) is 12.1 Å². The summed E-state index contributed by atoms with van der Waals surface area (Å²) in [4.78, 5) is 0.163. The first-order valence-electron chi connectivity index (χ1n) is 6.95. The first kappa shape index (κ1) is 15.0.